The predicted octanol–water partition coefficient (Wildman–Crippen LogP) is 4.16. The lowest BCUT2D eigenvalue weighted by molar-refractivity contribution is 0.0988. The fraction of sp³-hybridized carbons (Fsp3) is 0.533. The van der Waals surface area contributed by atoms with Crippen molar-refractivity contribution in [1.82, 2.24) is 0 Å². The molecule has 0 amide bonds. The van der Waals surface area contributed by atoms with E-state index in [2.05, 4.69) is 34.6 Å². The third kappa shape index (κ3) is 2.74. The lowest BCUT2D eigenvalue weighted by atomic mass is 9.87. The highest BCUT2D eigenvalue weighted by Gasteiger charge is 2.17. The van der Waals surface area contributed by atoms with E-state index in [9.17, 15) is 4.79 Å². The first-order valence-corrected chi connectivity index (χ1v) is 7.40. The summed E-state index contributed by atoms with van der Waals surface area (Å²) in [7, 11) is 0. The summed E-state index contributed by atoms with van der Waals surface area (Å²) in [5.74, 6) is 1.20. The number of carbonyl (C=O) groups excluding carboxylic acids is 1. The van der Waals surface area contributed by atoms with Crippen LogP contribution in [0.1, 0.15) is 44.6 Å². The molecule has 0 bridgehead atoms. The van der Waals surface area contributed by atoms with Gasteiger partial charge in [-0.2, -0.15) is 11.8 Å². The van der Waals surface area contributed by atoms with Crippen LogP contribution in [0.4, 0.5) is 0 Å². The first kappa shape index (κ1) is 14.3. The van der Waals surface area contributed by atoms with E-state index in [1.54, 1.807) is 11.8 Å². The highest BCUT2D eigenvalue weighted by Crippen LogP contribution is 2.27. The third-order valence-corrected chi connectivity index (χ3v) is 4.42. The predicted molar refractivity (Wildman–Crippen MR) is 77.5 cm³/mol. The van der Waals surface area contributed by atoms with Gasteiger partial charge in [-0.15, -0.1) is 0 Å². The van der Waals surface area contributed by atoms with Gasteiger partial charge >= 0.3 is 0 Å². The van der Waals surface area contributed by atoms with Crippen LogP contribution in [0.3, 0.4) is 0 Å². The number of benzene rings is 1. The Hall–Kier alpha value is -0.760. The van der Waals surface area contributed by atoms with Gasteiger partial charge in [0.15, 0.2) is 5.78 Å². The third-order valence-electron chi connectivity index (χ3n) is 3.81. The second-order valence-corrected chi connectivity index (χ2v) is 5.65. The molecule has 0 atom stereocenters. The van der Waals surface area contributed by atoms with Gasteiger partial charge in [-0.05, 0) is 68.7 Å². The molecule has 1 aromatic carbocycles. The maximum Gasteiger partial charge on any atom is 0.164 e. The van der Waals surface area contributed by atoms with Crippen molar-refractivity contribution < 1.29 is 4.79 Å². The zero-order chi connectivity index (χ0) is 13.2. The van der Waals surface area contributed by atoms with Crippen molar-refractivity contribution in [1.29, 1.82) is 0 Å². The fourth-order valence-electron chi connectivity index (χ4n) is 2.24. The standard InChI is InChI=1S/C15H22OS/c1-9-10(2)12(4)15(13(5)11(9)3)14(16)7-8-17-6/h7-8H2,1-6H3. The van der Waals surface area contributed by atoms with Crippen molar-refractivity contribution in [2.24, 2.45) is 0 Å². The van der Waals surface area contributed by atoms with E-state index in [0.717, 1.165) is 22.4 Å². The molecule has 0 aliphatic heterocycles. The summed E-state index contributed by atoms with van der Waals surface area (Å²) in [5, 5.41) is 0. The van der Waals surface area contributed by atoms with Gasteiger partial charge in [0.05, 0.1) is 0 Å². The molecule has 0 radical (unpaired) electrons. The largest absolute Gasteiger partial charge is 0.294 e. The first-order valence-electron chi connectivity index (χ1n) is 6.00. The Balaban J connectivity index is 3.29. The second kappa shape index (κ2) is 5.72. The normalized spacial score (nSPS) is 10.7. The summed E-state index contributed by atoms with van der Waals surface area (Å²) in [4.78, 5) is 12.2. The number of carbonyl (C=O) groups is 1. The summed E-state index contributed by atoms with van der Waals surface area (Å²) in [6, 6.07) is 0. The summed E-state index contributed by atoms with van der Waals surface area (Å²) in [6.45, 7) is 10.5. The Morgan fingerprint density at radius 2 is 1.29 bits per heavy atom. The maximum absolute atomic E-state index is 12.2. The van der Waals surface area contributed by atoms with Crippen LogP contribution < -0.4 is 0 Å². The van der Waals surface area contributed by atoms with Gasteiger partial charge in [-0.25, -0.2) is 0 Å². The molecule has 0 spiro atoms. The quantitative estimate of drug-likeness (QED) is 0.746. The van der Waals surface area contributed by atoms with Crippen molar-refractivity contribution in [2.45, 2.75) is 41.0 Å². The van der Waals surface area contributed by atoms with Crippen molar-refractivity contribution in [3.05, 3.63) is 33.4 Å². The average Bonchev–Trinajstić information content (AvgIpc) is 2.31. The molecule has 0 aliphatic rings. The molecule has 0 fully saturated rings. The lowest BCUT2D eigenvalue weighted by Crippen LogP contribution is -2.10. The zero-order valence-corrected chi connectivity index (χ0v) is 12.5. The Morgan fingerprint density at radius 1 is 0.882 bits per heavy atom. The number of thioether (sulfide) groups is 1. The lowest BCUT2D eigenvalue weighted by Gasteiger charge is -2.17. The number of rotatable bonds is 4. The average molecular weight is 250 g/mol. The molecule has 0 heterocycles. The van der Waals surface area contributed by atoms with Crippen LogP contribution in [0, 0.1) is 34.6 Å². The molecule has 1 rings (SSSR count). The van der Waals surface area contributed by atoms with Gasteiger partial charge in [-0.1, -0.05) is 0 Å². The minimum atomic E-state index is 0.292. The Kier molecular flexibility index (Phi) is 4.81. The molecule has 1 nitrogen and oxygen atoms in total. The molecule has 0 saturated carbocycles. The second-order valence-electron chi connectivity index (χ2n) is 4.67. The van der Waals surface area contributed by atoms with Gasteiger partial charge in [0.2, 0.25) is 0 Å². The molecule has 0 saturated heterocycles. The molecule has 2 heteroatoms. The first-order chi connectivity index (χ1) is 7.91. The monoisotopic (exact) mass is 250 g/mol. The van der Waals surface area contributed by atoms with Gasteiger partial charge in [0.25, 0.3) is 0 Å². The molecule has 1 aromatic rings. The summed E-state index contributed by atoms with van der Waals surface area (Å²) in [5.41, 5.74) is 7.13. The maximum atomic E-state index is 12.2. The van der Waals surface area contributed by atoms with Gasteiger partial charge in [0, 0.05) is 17.7 Å². The number of hydrogen-bond acceptors (Lipinski definition) is 2. The summed E-state index contributed by atoms with van der Waals surface area (Å²) < 4.78 is 0. The van der Waals surface area contributed by atoms with Crippen LogP contribution in [0.15, 0.2) is 0 Å². The minimum Gasteiger partial charge on any atom is -0.294 e. The van der Waals surface area contributed by atoms with Crippen molar-refractivity contribution in [2.75, 3.05) is 12.0 Å². The van der Waals surface area contributed by atoms with E-state index in [0.29, 0.717) is 12.2 Å². The Morgan fingerprint density at radius 3 is 1.71 bits per heavy atom. The Bertz CT molecular complexity index is 418. The van der Waals surface area contributed by atoms with Gasteiger partial charge in [0.1, 0.15) is 0 Å². The highest BCUT2D eigenvalue weighted by molar-refractivity contribution is 7.98. The zero-order valence-electron chi connectivity index (χ0n) is 11.7. The molecule has 0 aromatic heterocycles. The van der Waals surface area contributed by atoms with Crippen LogP contribution in [0.5, 0.6) is 0 Å². The van der Waals surface area contributed by atoms with E-state index < -0.39 is 0 Å². The smallest absolute Gasteiger partial charge is 0.164 e. The topological polar surface area (TPSA) is 17.1 Å². The van der Waals surface area contributed by atoms with Crippen molar-refractivity contribution >= 4 is 17.5 Å². The van der Waals surface area contributed by atoms with E-state index in [4.69, 9.17) is 0 Å². The fourth-order valence-corrected chi connectivity index (χ4v) is 2.63. The van der Waals surface area contributed by atoms with Crippen molar-refractivity contribution in [3.63, 3.8) is 0 Å². The molecule has 94 valence electrons. The molecule has 0 unspecified atom stereocenters. The van der Waals surface area contributed by atoms with E-state index in [-0.39, 0.29) is 0 Å². The number of ketones is 1. The van der Waals surface area contributed by atoms with E-state index >= 15 is 0 Å². The molecule has 0 N–H and O–H groups in total. The molecule has 17 heavy (non-hydrogen) atoms. The van der Waals surface area contributed by atoms with E-state index in [1.807, 2.05) is 6.26 Å². The van der Waals surface area contributed by atoms with Gasteiger partial charge in [-0.3, -0.25) is 4.79 Å². The number of hydrogen-bond donors (Lipinski definition) is 0. The van der Waals surface area contributed by atoms with Crippen LogP contribution in [0.25, 0.3) is 0 Å². The van der Waals surface area contributed by atoms with Crippen LogP contribution in [-0.4, -0.2) is 17.8 Å². The molecule has 0 aliphatic carbocycles. The molecular formula is C15H22OS. The molecular weight excluding hydrogens is 228 g/mol. The van der Waals surface area contributed by atoms with Crippen LogP contribution in [-0.2, 0) is 0 Å². The SMILES string of the molecule is CSCCC(=O)c1c(C)c(C)c(C)c(C)c1C. The number of Topliss-reactive ketones (excluding diaryl/α,β-unsaturated/α-hetero) is 1. The minimum absolute atomic E-state index is 0.292. The van der Waals surface area contributed by atoms with Crippen molar-refractivity contribution in [3.8, 4) is 0 Å². The summed E-state index contributed by atoms with van der Waals surface area (Å²) in [6.07, 6.45) is 2.68. The van der Waals surface area contributed by atoms with Crippen LogP contribution in [0.2, 0.25) is 0 Å². The van der Waals surface area contributed by atoms with Gasteiger partial charge < -0.3 is 0 Å². The van der Waals surface area contributed by atoms with E-state index in [1.165, 1.54) is 16.7 Å². The Labute approximate surface area is 109 Å². The highest BCUT2D eigenvalue weighted by atomic mass is 32.2. The van der Waals surface area contributed by atoms with Crippen LogP contribution >= 0.6 is 11.8 Å². The summed E-state index contributed by atoms with van der Waals surface area (Å²) >= 11 is 1.73.